The summed E-state index contributed by atoms with van der Waals surface area (Å²) in [4.78, 5) is 13.2. The van der Waals surface area contributed by atoms with Crippen LogP contribution in [0.1, 0.15) is 51.3 Å². The first-order valence-corrected chi connectivity index (χ1v) is 10.2. The summed E-state index contributed by atoms with van der Waals surface area (Å²) in [5, 5.41) is 2.09. The van der Waals surface area contributed by atoms with Gasteiger partial charge in [0.2, 0.25) is 0 Å². The highest BCUT2D eigenvalue weighted by Crippen LogP contribution is 2.40. The van der Waals surface area contributed by atoms with Gasteiger partial charge in [-0.1, -0.05) is 31.1 Å². The summed E-state index contributed by atoms with van der Waals surface area (Å²) in [6.45, 7) is 10.3. The summed E-state index contributed by atoms with van der Waals surface area (Å²) in [6, 6.07) is 4.16. The van der Waals surface area contributed by atoms with Crippen molar-refractivity contribution in [1.29, 1.82) is 0 Å². The van der Waals surface area contributed by atoms with Crippen LogP contribution in [0, 0.1) is 5.41 Å². The molecule has 25 heavy (non-hydrogen) atoms. The fraction of sp³-hybridized carbons (Fsp3) is 0.524. The minimum absolute atomic E-state index is 0.349. The predicted molar refractivity (Wildman–Crippen MR) is 105 cm³/mol. The molecule has 4 rings (SSSR count). The Bertz CT molecular complexity index is 789. The topological polar surface area (TPSA) is 29.0 Å². The average Bonchev–Trinajstić information content (AvgIpc) is 3.12. The van der Waals surface area contributed by atoms with Crippen molar-refractivity contribution in [2.75, 3.05) is 13.1 Å². The van der Waals surface area contributed by atoms with Gasteiger partial charge < -0.3 is 0 Å². The zero-order chi connectivity index (χ0) is 17.4. The van der Waals surface area contributed by atoms with Gasteiger partial charge in [-0.25, -0.2) is 9.97 Å². The fourth-order valence-electron chi connectivity index (χ4n) is 4.28. The second-order valence-corrected chi connectivity index (χ2v) is 9.05. The minimum atomic E-state index is 0.349. The van der Waals surface area contributed by atoms with Gasteiger partial charge in [-0.15, -0.1) is 11.3 Å². The Morgan fingerprint density at radius 3 is 2.92 bits per heavy atom. The highest BCUT2D eigenvalue weighted by molar-refractivity contribution is 7.13. The predicted octanol–water partition coefficient (Wildman–Crippen LogP) is 5.09. The van der Waals surface area contributed by atoms with E-state index < -0.39 is 0 Å². The summed E-state index contributed by atoms with van der Waals surface area (Å²) in [6.07, 6.45) is 7.01. The summed E-state index contributed by atoms with van der Waals surface area (Å²) < 4.78 is 0. The molecule has 2 aliphatic rings. The maximum Gasteiger partial charge on any atom is 0.169 e. The lowest BCUT2D eigenvalue weighted by Gasteiger charge is -2.38. The van der Waals surface area contributed by atoms with Crippen LogP contribution in [-0.2, 0) is 13.0 Å². The molecule has 0 fully saturated rings. The van der Waals surface area contributed by atoms with Gasteiger partial charge >= 0.3 is 0 Å². The Balaban J connectivity index is 1.52. The van der Waals surface area contributed by atoms with Crippen molar-refractivity contribution < 1.29 is 0 Å². The number of thiophene rings is 1. The monoisotopic (exact) mass is 353 g/mol. The Hall–Kier alpha value is -1.52. The molecule has 1 aliphatic carbocycles. The molecule has 2 aromatic rings. The molecular weight excluding hydrogens is 326 g/mol. The number of aromatic nitrogens is 2. The van der Waals surface area contributed by atoms with Crippen LogP contribution in [0.4, 0.5) is 0 Å². The second-order valence-electron chi connectivity index (χ2n) is 8.10. The van der Waals surface area contributed by atoms with E-state index in [1.165, 1.54) is 30.5 Å². The zero-order valence-corrected chi connectivity index (χ0v) is 16.3. The van der Waals surface area contributed by atoms with Gasteiger partial charge in [0.1, 0.15) is 0 Å². The van der Waals surface area contributed by atoms with Crippen molar-refractivity contribution in [3.05, 3.63) is 46.1 Å². The number of fused-ring (bicyclic) bond motifs is 1. The van der Waals surface area contributed by atoms with E-state index in [1.807, 2.05) is 0 Å². The van der Waals surface area contributed by atoms with Crippen molar-refractivity contribution in [2.45, 2.75) is 53.0 Å². The average molecular weight is 354 g/mol. The largest absolute Gasteiger partial charge is 0.295 e. The van der Waals surface area contributed by atoms with E-state index >= 15 is 0 Å². The van der Waals surface area contributed by atoms with Crippen molar-refractivity contribution in [3.63, 3.8) is 0 Å². The molecule has 2 aromatic heterocycles. The van der Waals surface area contributed by atoms with E-state index in [1.54, 1.807) is 22.5 Å². The third kappa shape index (κ3) is 3.42. The normalized spacial score (nSPS) is 20.6. The van der Waals surface area contributed by atoms with E-state index in [0.29, 0.717) is 5.41 Å². The van der Waals surface area contributed by atoms with Gasteiger partial charge in [0.25, 0.3) is 0 Å². The molecule has 0 unspecified atom stereocenters. The van der Waals surface area contributed by atoms with E-state index in [-0.39, 0.29) is 0 Å². The maximum absolute atomic E-state index is 4.84. The first kappa shape index (κ1) is 16.9. The summed E-state index contributed by atoms with van der Waals surface area (Å²) in [5.74, 6) is 0.883. The van der Waals surface area contributed by atoms with Crippen LogP contribution in [0.3, 0.4) is 0 Å². The minimum Gasteiger partial charge on any atom is -0.295 e. The molecule has 0 atom stereocenters. The number of allylic oxidation sites excluding steroid dienone is 1. The van der Waals surface area contributed by atoms with Gasteiger partial charge in [0, 0.05) is 37.8 Å². The third-order valence-electron chi connectivity index (χ3n) is 5.82. The molecule has 0 amide bonds. The van der Waals surface area contributed by atoms with Crippen LogP contribution in [0.5, 0.6) is 0 Å². The number of hydrogen-bond donors (Lipinski definition) is 0. The van der Waals surface area contributed by atoms with Crippen molar-refractivity contribution in [1.82, 2.24) is 14.9 Å². The third-order valence-corrected chi connectivity index (χ3v) is 6.69. The smallest absolute Gasteiger partial charge is 0.169 e. The van der Waals surface area contributed by atoms with E-state index in [9.17, 15) is 0 Å². The Kier molecular flexibility index (Phi) is 4.50. The summed E-state index contributed by atoms with van der Waals surface area (Å²) in [7, 11) is 0. The van der Waals surface area contributed by atoms with Gasteiger partial charge in [-0.2, -0.15) is 0 Å². The van der Waals surface area contributed by atoms with Gasteiger partial charge in [-0.3, -0.25) is 4.90 Å². The van der Waals surface area contributed by atoms with Crippen LogP contribution in [0.25, 0.3) is 10.7 Å². The molecule has 0 bridgehead atoms. The van der Waals surface area contributed by atoms with Crippen LogP contribution in [0.2, 0.25) is 0 Å². The molecule has 0 spiro atoms. The highest BCUT2D eigenvalue weighted by atomic mass is 32.1. The standard InChI is InChI=1S/C21H27N3S/c1-15-6-4-9-21(2,3)17(15)14-24-10-8-18-16(13-24)12-22-20(23-18)19-7-5-11-25-19/h5,7,11-12H,4,6,8-10,13-14H2,1-3H3. The van der Waals surface area contributed by atoms with Crippen LogP contribution >= 0.6 is 11.3 Å². The SMILES string of the molecule is CC1=C(CN2CCc3nc(-c4cccs4)ncc3C2)C(C)(C)CCC1. The molecule has 0 radical (unpaired) electrons. The van der Waals surface area contributed by atoms with Crippen molar-refractivity contribution in [2.24, 2.45) is 5.41 Å². The summed E-state index contributed by atoms with van der Waals surface area (Å²) in [5.41, 5.74) is 6.17. The molecule has 0 N–H and O–H groups in total. The molecule has 3 heterocycles. The molecular formula is C21H27N3S. The van der Waals surface area contributed by atoms with Gasteiger partial charge in [0.15, 0.2) is 5.82 Å². The van der Waals surface area contributed by atoms with Crippen LogP contribution in [-0.4, -0.2) is 28.0 Å². The van der Waals surface area contributed by atoms with Crippen LogP contribution in [0.15, 0.2) is 34.9 Å². The molecule has 132 valence electrons. The summed E-state index contributed by atoms with van der Waals surface area (Å²) >= 11 is 1.71. The fourth-order valence-corrected chi connectivity index (χ4v) is 4.95. The van der Waals surface area contributed by atoms with E-state index in [0.717, 1.165) is 36.8 Å². The quantitative estimate of drug-likeness (QED) is 0.720. The van der Waals surface area contributed by atoms with Gasteiger partial charge in [-0.05, 0) is 43.0 Å². The van der Waals surface area contributed by atoms with E-state index in [4.69, 9.17) is 4.98 Å². The Morgan fingerprint density at radius 2 is 2.16 bits per heavy atom. The lowest BCUT2D eigenvalue weighted by Crippen LogP contribution is -2.36. The Labute approximate surface area is 154 Å². The molecule has 4 heteroatoms. The molecule has 0 saturated heterocycles. The number of nitrogens with zero attached hydrogens (tertiary/aromatic N) is 3. The lowest BCUT2D eigenvalue weighted by atomic mass is 9.72. The van der Waals surface area contributed by atoms with Gasteiger partial charge in [0.05, 0.1) is 10.6 Å². The first-order chi connectivity index (χ1) is 12.0. The van der Waals surface area contributed by atoms with Crippen molar-refractivity contribution in [3.8, 4) is 10.7 Å². The van der Waals surface area contributed by atoms with Crippen LogP contribution < -0.4 is 0 Å². The lowest BCUT2D eigenvalue weighted by molar-refractivity contribution is 0.239. The molecule has 0 aromatic carbocycles. The first-order valence-electron chi connectivity index (χ1n) is 9.33. The Morgan fingerprint density at radius 1 is 1.28 bits per heavy atom. The molecule has 1 aliphatic heterocycles. The zero-order valence-electron chi connectivity index (χ0n) is 15.5. The number of rotatable bonds is 3. The van der Waals surface area contributed by atoms with E-state index in [2.05, 4.69) is 54.4 Å². The van der Waals surface area contributed by atoms with Crippen molar-refractivity contribution >= 4 is 11.3 Å². The highest BCUT2D eigenvalue weighted by Gasteiger charge is 2.30. The number of hydrogen-bond acceptors (Lipinski definition) is 4. The molecule has 3 nitrogen and oxygen atoms in total. The second kappa shape index (κ2) is 6.65. The molecule has 0 saturated carbocycles. The maximum atomic E-state index is 4.84.